The van der Waals surface area contributed by atoms with Crippen LogP contribution in [0.5, 0.6) is 5.75 Å². The molecule has 0 bridgehead atoms. The van der Waals surface area contributed by atoms with E-state index in [0.29, 0.717) is 19.4 Å². The summed E-state index contributed by atoms with van der Waals surface area (Å²) in [6.07, 6.45) is 3.15. The van der Waals surface area contributed by atoms with Gasteiger partial charge in [0.15, 0.2) is 0 Å². The molecule has 0 aliphatic heterocycles. The minimum absolute atomic E-state index is 0.0118. The standard InChI is InChI=1S/C18H23NO3/c1-18(2)10-15(20)14(16(21)11-18)12-19-9-8-13-6-4-5-7-17(13)22-3/h4-7,12,14H,8-11H2,1-3H3. The summed E-state index contributed by atoms with van der Waals surface area (Å²) in [6.45, 7) is 4.45. The lowest BCUT2D eigenvalue weighted by Gasteiger charge is -2.30. The molecule has 118 valence electrons. The van der Waals surface area contributed by atoms with Crippen LogP contribution >= 0.6 is 0 Å². The van der Waals surface area contributed by atoms with Crippen molar-refractivity contribution < 1.29 is 14.3 Å². The molecule has 0 radical (unpaired) electrons. The fourth-order valence-corrected chi connectivity index (χ4v) is 2.85. The number of Topliss-reactive ketones (excluding diaryl/α,β-unsaturated/α-hetero) is 2. The van der Waals surface area contributed by atoms with Gasteiger partial charge < -0.3 is 4.74 Å². The molecular weight excluding hydrogens is 278 g/mol. The van der Waals surface area contributed by atoms with E-state index in [1.54, 1.807) is 7.11 Å². The Bertz CT molecular complexity index is 570. The third-order valence-electron chi connectivity index (χ3n) is 3.96. The third kappa shape index (κ3) is 4.03. The largest absolute Gasteiger partial charge is 0.496 e. The van der Waals surface area contributed by atoms with Gasteiger partial charge >= 0.3 is 0 Å². The van der Waals surface area contributed by atoms with Crippen molar-refractivity contribution in [2.45, 2.75) is 33.1 Å². The zero-order valence-electron chi connectivity index (χ0n) is 13.5. The Balaban J connectivity index is 1.93. The SMILES string of the molecule is COc1ccccc1CCN=CC1C(=O)CC(C)(C)CC1=O. The number of hydrogen-bond acceptors (Lipinski definition) is 4. The van der Waals surface area contributed by atoms with Crippen molar-refractivity contribution in [1.29, 1.82) is 0 Å². The highest BCUT2D eigenvalue weighted by molar-refractivity contribution is 6.16. The van der Waals surface area contributed by atoms with Gasteiger partial charge in [-0.1, -0.05) is 32.0 Å². The van der Waals surface area contributed by atoms with Gasteiger partial charge in [0.1, 0.15) is 23.2 Å². The maximum absolute atomic E-state index is 12.1. The number of methoxy groups -OCH3 is 1. The van der Waals surface area contributed by atoms with Crippen LogP contribution in [0.4, 0.5) is 0 Å². The second kappa shape index (κ2) is 6.86. The highest BCUT2D eigenvalue weighted by atomic mass is 16.5. The van der Waals surface area contributed by atoms with Gasteiger partial charge in [-0.15, -0.1) is 0 Å². The van der Waals surface area contributed by atoms with Gasteiger partial charge in [0.2, 0.25) is 0 Å². The summed E-state index contributed by atoms with van der Waals surface area (Å²) in [7, 11) is 1.64. The van der Waals surface area contributed by atoms with E-state index in [4.69, 9.17) is 4.74 Å². The summed E-state index contributed by atoms with van der Waals surface area (Å²) >= 11 is 0. The van der Waals surface area contributed by atoms with Crippen LogP contribution in [0, 0.1) is 11.3 Å². The van der Waals surface area contributed by atoms with Crippen molar-refractivity contribution >= 4 is 17.8 Å². The van der Waals surface area contributed by atoms with Gasteiger partial charge in [-0.05, 0) is 23.5 Å². The molecule has 0 saturated heterocycles. The first-order valence-corrected chi connectivity index (χ1v) is 7.60. The van der Waals surface area contributed by atoms with Crippen molar-refractivity contribution in [1.82, 2.24) is 0 Å². The lowest BCUT2D eigenvalue weighted by molar-refractivity contribution is -0.136. The van der Waals surface area contributed by atoms with E-state index in [1.165, 1.54) is 6.21 Å². The Morgan fingerprint density at radius 2 is 1.86 bits per heavy atom. The molecule has 0 heterocycles. The Morgan fingerprint density at radius 3 is 2.50 bits per heavy atom. The lowest BCUT2D eigenvalue weighted by atomic mass is 9.72. The van der Waals surface area contributed by atoms with Crippen LogP contribution in [-0.2, 0) is 16.0 Å². The Kier molecular flexibility index (Phi) is 5.11. The fraction of sp³-hybridized carbons (Fsp3) is 0.500. The Labute approximate surface area is 131 Å². The molecule has 1 aromatic carbocycles. The molecule has 0 aromatic heterocycles. The number of nitrogens with zero attached hydrogens (tertiary/aromatic N) is 1. The minimum atomic E-state index is -0.648. The van der Waals surface area contributed by atoms with E-state index < -0.39 is 5.92 Å². The van der Waals surface area contributed by atoms with Crippen LogP contribution in [0.25, 0.3) is 0 Å². The van der Waals surface area contributed by atoms with Crippen LogP contribution in [0.3, 0.4) is 0 Å². The van der Waals surface area contributed by atoms with E-state index in [1.807, 2.05) is 38.1 Å². The summed E-state index contributed by atoms with van der Waals surface area (Å²) in [5, 5.41) is 0. The molecule has 1 aliphatic carbocycles. The summed E-state index contributed by atoms with van der Waals surface area (Å²) in [6, 6.07) is 7.79. The molecule has 0 spiro atoms. The molecule has 0 N–H and O–H groups in total. The van der Waals surface area contributed by atoms with Gasteiger partial charge in [0, 0.05) is 25.6 Å². The maximum atomic E-state index is 12.1. The number of carbonyl (C=O) groups is 2. The summed E-state index contributed by atoms with van der Waals surface area (Å²) in [5.74, 6) is 0.166. The molecule has 0 amide bonds. The van der Waals surface area contributed by atoms with Crippen LogP contribution < -0.4 is 4.74 Å². The molecule has 22 heavy (non-hydrogen) atoms. The number of benzene rings is 1. The number of ketones is 2. The molecule has 1 aliphatic rings. The van der Waals surface area contributed by atoms with Crippen LogP contribution in [0.2, 0.25) is 0 Å². The smallest absolute Gasteiger partial charge is 0.149 e. The van der Waals surface area contributed by atoms with Gasteiger partial charge in [0.05, 0.1) is 7.11 Å². The molecule has 4 heteroatoms. The van der Waals surface area contributed by atoms with Crippen molar-refractivity contribution in [3.05, 3.63) is 29.8 Å². The van der Waals surface area contributed by atoms with Gasteiger partial charge in [-0.2, -0.15) is 0 Å². The van der Waals surface area contributed by atoms with E-state index in [-0.39, 0.29) is 17.0 Å². The maximum Gasteiger partial charge on any atom is 0.149 e. The molecule has 0 atom stereocenters. The van der Waals surface area contributed by atoms with Crippen molar-refractivity contribution in [2.75, 3.05) is 13.7 Å². The highest BCUT2D eigenvalue weighted by Crippen LogP contribution is 2.33. The molecule has 4 nitrogen and oxygen atoms in total. The Morgan fingerprint density at radius 1 is 1.23 bits per heavy atom. The Hall–Kier alpha value is -1.97. The average molecular weight is 301 g/mol. The zero-order valence-corrected chi connectivity index (χ0v) is 13.5. The lowest BCUT2D eigenvalue weighted by Crippen LogP contribution is -2.38. The number of rotatable bonds is 5. The predicted molar refractivity (Wildman–Crippen MR) is 86.6 cm³/mol. The van der Waals surface area contributed by atoms with Crippen LogP contribution in [0.1, 0.15) is 32.3 Å². The van der Waals surface area contributed by atoms with Crippen LogP contribution in [0.15, 0.2) is 29.3 Å². The molecule has 2 rings (SSSR count). The molecule has 1 saturated carbocycles. The number of ether oxygens (including phenoxy) is 1. The monoisotopic (exact) mass is 301 g/mol. The van der Waals surface area contributed by atoms with E-state index >= 15 is 0 Å². The number of carbonyl (C=O) groups excluding carboxylic acids is 2. The van der Waals surface area contributed by atoms with Crippen LogP contribution in [-0.4, -0.2) is 31.4 Å². The van der Waals surface area contributed by atoms with Crippen molar-refractivity contribution in [3.63, 3.8) is 0 Å². The first-order chi connectivity index (χ1) is 10.4. The third-order valence-corrected chi connectivity index (χ3v) is 3.96. The topological polar surface area (TPSA) is 55.7 Å². The highest BCUT2D eigenvalue weighted by Gasteiger charge is 2.38. The van der Waals surface area contributed by atoms with Gasteiger partial charge in [0.25, 0.3) is 0 Å². The van der Waals surface area contributed by atoms with Gasteiger partial charge in [-0.3, -0.25) is 14.6 Å². The molecule has 1 fully saturated rings. The fourth-order valence-electron chi connectivity index (χ4n) is 2.85. The zero-order chi connectivity index (χ0) is 16.2. The number of hydrogen-bond donors (Lipinski definition) is 0. The molecule has 1 aromatic rings. The van der Waals surface area contributed by atoms with E-state index in [2.05, 4.69) is 4.99 Å². The van der Waals surface area contributed by atoms with Gasteiger partial charge in [-0.25, -0.2) is 0 Å². The second-order valence-electron chi connectivity index (χ2n) is 6.55. The quantitative estimate of drug-likeness (QED) is 0.620. The second-order valence-corrected chi connectivity index (χ2v) is 6.55. The molecule has 0 unspecified atom stereocenters. The van der Waals surface area contributed by atoms with Crippen molar-refractivity contribution in [2.24, 2.45) is 16.3 Å². The summed E-state index contributed by atoms with van der Waals surface area (Å²) in [5.41, 5.74) is 0.861. The number of aliphatic imine (C=N–C) groups is 1. The normalized spacial score (nSPS) is 18.9. The predicted octanol–water partition coefficient (Wildman–Crippen LogP) is 2.88. The average Bonchev–Trinajstić information content (AvgIpc) is 2.45. The van der Waals surface area contributed by atoms with E-state index in [0.717, 1.165) is 17.7 Å². The first kappa shape index (κ1) is 16.4. The van der Waals surface area contributed by atoms with E-state index in [9.17, 15) is 9.59 Å². The first-order valence-electron chi connectivity index (χ1n) is 7.60. The molecular formula is C18H23NO3. The summed E-state index contributed by atoms with van der Waals surface area (Å²) in [4.78, 5) is 28.4. The minimum Gasteiger partial charge on any atom is -0.496 e. The summed E-state index contributed by atoms with van der Waals surface area (Å²) < 4.78 is 5.29. The number of para-hydroxylation sites is 1. The van der Waals surface area contributed by atoms with Crippen molar-refractivity contribution in [3.8, 4) is 5.75 Å².